The molecule has 0 aliphatic carbocycles. The Morgan fingerprint density at radius 3 is 2.71 bits per heavy atom. The lowest BCUT2D eigenvalue weighted by Gasteiger charge is -2.06. The third-order valence-corrected chi connectivity index (χ3v) is 3.05. The molecule has 0 fully saturated rings. The number of aryl methyl sites for hydroxylation is 1. The van der Waals surface area contributed by atoms with Crippen molar-refractivity contribution in [2.45, 2.75) is 4.90 Å². The summed E-state index contributed by atoms with van der Waals surface area (Å²) in [4.78, 5) is 12.6. The molecule has 0 unspecified atom stereocenters. The Hall–Kier alpha value is -1.22. The van der Waals surface area contributed by atoms with E-state index in [-0.39, 0.29) is 5.56 Å². The largest absolute Gasteiger partial charge is 0.310 e. The van der Waals surface area contributed by atoms with Crippen LogP contribution >= 0.6 is 11.8 Å². The summed E-state index contributed by atoms with van der Waals surface area (Å²) in [6.07, 6.45) is 1.92. The Labute approximate surface area is 86.6 Å². The maximum absolute atomic E-state index is 11.8. The van der Waals surface area contributed by atoms with Gasteiger partial charge in [-0.1, -0.05) is 18.2 Å². The molecule has 0 atom stereocenters. The number of fused-ring (bicyclic) bond motifs is 1. The first-order chi connectivity index (χ1) is 6.74. The summed E-state index contributed by atoms with van der Waals surface area (Å²) < 4.78 is 1.70. The van der Waals surface area contributed by atoms with Crippen LogP contribution in [-0.4, -0.2) is 10.8 Å². The van der Waals surface area contributed by atoms with Crippen LogP contribution in [-0.2, 0) is 7.05 Å². The Morgan fingerprint density at radius 2 is 2.00 bits per heavy atom. The van der Waals surface area contributed by atoms with E-state index in [1.165, 1.54) is 11.8 Å². The van der Waals surface area contributed by atoms with Gasteiger partial charge in [-0.15, -0.1) is 11.8 Å². The summed E-state index contributed by atoms with van der Waals surface area (Å²) in [5.74, 6) is 0. The zero-order valence-electron chi connectivity index (χ0n) is 8.15. The SMILES string of the molecule is CSc1cc2ccccc2n(C)c1=O. The molecule has 0 aliphatic heterocycles. The monoisotopic (exact) mass is 205 g/mol. The highest BCUT2D eigenvalue weighted by Crippen LogP contribution is 2.17. The summed E-state index contributed by atoms with van der Waals surface area (Å²) in [5.41, 5.74) is 1.06. The third kappa shape index (κ3) is 1.34. The fourth-order valence-electron chi connectivity index (χ4n) is 1.54. The van der Waals surface area contributed by atoms with Gasteiger partial charge in [-0.25, -0.2) is 0 Å². The highest BCUT2D eigenvalue weighted by molar-refractivity contribution is 7.98. The quantitative estimate of drug-likeness (QED) is 0.666. The van der Waals surface area contributed by atoms with Crippen molar-refractivity contribution >= 4 is 22.7 Å². The van der Waals surface area contributed by atoms with E-state index in [1.807, 2.05) is 43.6 Å². The number of aromatic nitrogens is 1. The molecule has 2 aromatic rings. The van der Waals surface area contributed by atoms with Crippen LogP contribution in [0.1, 0.15) is 0 Å². The molecular weight excluding hydrogens is 194 g/mol. The van der Waals surface area contributed by atoms with Gasteiger partial charge in [0.1, 0.15) is 0 Å². The van der Waals surface area contributed by atoms with Crippen LogP contribution in [0.25, 0.3) is 10.9 Å². The van der Waals surface area contributed by atoms with E-state index in [1.54, 1.807) is 4.57 Å². The number of thioether (sulfide) groups is 1. The molecule has 1 aromatic carbocycles. The first-order valence-corrected chi connectivity index (χ1v) is 5.59. The van der Waals surface area contributed by atoms with Gasteiger partial charge < -0.3 is 4.57 Å². The van der Waals surface area contributed by atoms with Gasteiger partial charge in [0.15, 0.2) is 0 Å². The van der Waals surface area contributed by atoms with Gasteiger partial charge in [0.05, 0.1) is 10.4 Å². The number of hydrogen-bond acceptors (Lipinski definition) is 2. The van der Waals surface area contributed by atoms with Crippen molar-refractivity contribution < 1.29 is 0 Å². The molecule has 72 valence electrons. The molecular formula is C11H11NOS. The number of para-hydroxylation sites is 1. The lowest BCUT2D eigenvalue weighted by atomic mass is 10.2. The predicted octanol–water partition coefficient (Wildman–Crippen LogP) is 2.26. The molecule has 1 heterocycles. The van der Waals surface area contributed by atoms with E-state index in [0.29, 0.717) is 0 Å². The molecule has 0 spiro atoms. The summed E-state index contributed by atoms with van der Waals surface area (Å²) in [6, 6.07) is 9.86. The van der Waals surface area contributed by atoms with Crippen molar-refractivity contribution in [3.8, 4) is 0 Å². The second-order valence-corrected chi connectivity index (χ2v) is 3.98. The second kappa shape index (κ2) is 3.50. The minimum Gasteiger partial charge on any atom is -0.310 e. The topological polar surface area (TPSA) is 22.0 Å². The average molecular weight is 205 g/mol. The smallest absolute Gasteiger partial charge is 0.264 e. The lowest BCUT2D eigenvalue weighted by molar-refractivity contribution is 0.877. The molecule has 3 heteroatoms. The van der Waals surface area contributed by atoms with E-state index < -0.39 is 0 Å². The number of rotatable bonds is 1. The van der Waals surface area contributed by atoms with Crippen molar-refractivity contribution in [1.82, 2.24) is 4.57 Å². The van der Waals surface area contributed by atoms with Crippen LogP contribution in [0.3, 0.4) is 0 Å². The van der Waals surface area contributed by atoms with Crippen LogP contribution in [0.5, 0.6) is 0 Å². The van der Waals surface area contributed by atoms with Gasteiger partial charge in [0, 0.05) is 7.05 Å². The zero-order valence-corrected chi connectivity index (χ0v) is 8.97. The van der Waals surface area contributed by atoms with Crippen LogP contribution in [0.15, 0.2) is 40.0 Å². The predicted molar refractivity (Wildman–Crippen MR) is 61.0 cm³/mol. The first kappa shape index (κ1) is 9.34. The summed E-state index contributed by atoms with van der Waals surface area (Å²) in [7, 11) is 1.81. The zero-order chi connectivity index (χ0) is 10.1. The van der Waals surface area contributed by atoms with Crippen molar-refractivity contribution in [2.24, 2.45) is 7.05 Å². The van der Waals surface area contributed by atoms with Gasteiger partial charge in [-0.05, 0) is 23.8 Å². The molecule has 0 saturated heterocycles. The number of nitrogens with zero attached hydrogens (tertiary/aromatic N) is 1. The third-order valence-electron chi connectivity index (χ3n) is 2.32. The summed E-state index contributed by atoms with van der Waals surface area (Å²) >= 11 is 1.49. The molecule has 2 nitrogen and oxygen atoms in total. The van der Waals surface area contributed by atoms with E-state index in [4.69, 9.17) is 0 Å². The lowest BCUT2D eigenvalue weighted by Crippen LogP contribution is -2.18. The minimum atomic E-state index is 0.0798. The number of hydrogen-bond donors (Lipinski definition) is 0. The molecule has 0 aliphatic rings. The van der Waals surface area contributed by atoms with E-state index in [9.17, 15) is 4.79 Å². The van der Waals surface area contributed by atoms with Crippen molar-refractivity contribution in [3.05, 3.63) is 40.7 Å². The Kier molecular flexibility index (Phi) is 2.33. The van der Waals surface area contributed by atoms with E-state index in [2.05, 4.69) is 0 Å². The van der Waals surface area contributed by atoms with Gasteiger partial charge in [-0.3, -0.25) is 4.79 Å². The minimum absolute atomic E-state index is 0.0798. The molecule has 0 amide bonds. The summed E-state index contributed by atoms with van der Waals surface area (Å²) in [5, 5.41) is 1.11. The highest BCUT2D eigenvalue weighted by Gasteiger charge is 2.04. The van der Waals surface area contributed by atoms with Crippen LogP contribution in [0.4, 0.5) is 0 Å². The normalized spacial score (nSPS) is 10.7. The molecule has 2 rings (SSSR count). The van der Waals surface area contributed by atoms with Crippen molar-refractivity contribution in [1.29, 1.82) is 0 Å². The standard InChI is InChI=1S/C11H11NOS/c1-12-9-6-4-3-5-8(9)7-10(14-2)11(12)13/h3-7H,1-2H3. The number of pyridine rings is 1. The second-order valence-electron chi connectivity index (χ2n) is 3.14. The van der Waals surface area contributed by atoms with Gasteiger partial charge in [0.25, 0.3) is 5.56 Å². The molecule has 0 N–H and O–H groups in total. The van der Waals surface area contributed by atoms with Crippen molar-refractivity contribution in [2.75, 3.05) is 6.26 Å². The maximum Gasteiger partial charge on any atom is 0.264 e. The fraction of sp³-hybridized carbons (Fsp3) is 0.182. The fourth-order valence-corrected chi connectivity index (χ4v) is 2.10. The van der Waals surface area contributed by atoms with E-state index >= 15 is 0 Å². The molecule has 0 saturated carbocycles. The molecule has 14 heavy (non-hydrogen) atoms. The van der Waals surface area contributed by atoms with E-state index in [0.717, 1.165) is 15.8 Å². The molecule has 0 bridgehead atoms. The Balaban J connectivity index is 2.92. The Bertz CT molecular complexity index is 530. The molecule has 1 aromatic heterocycles. The van der Waals surface area contributed by atoms with Crippen LogP contribution < -0.4 is 5.56 Å². The van der Waals surface area contributed by atoms with Crippen LogP contribution in [0, 0.1) is 0 Å². The van der Waals surface area contributed by atoms with Crippen molar-refractivity contribution in [3.63, 3.8) is 0 Å². The first-order valence-electron chi connectivity index (χ1n) is 4.37. The summed E-state index contributed by atoms with van der Waals surface area (Å²) in [6.45, 7) is 0. The van der Waals surface area contributed by atoms with Gasteiger partial charge >= 0.3 is 0 Å². The van der Waals surface area contributed by atoms with Crippen LogP contribution in [0.2, 0.25) is 0 Å². The maximum atomic E-state index is 11.8. The average Bonchev–Trinajstić information content (AvgIpc) is 2.23. The highest BCUT2D eigenvalue weighted by atomic mass is 32.2. The Morgan fingerprint density at radius 1 is 1.29 bits per heavy atom. The van der Waals surface area contributed by atoms with Gasteiger partial charge in [-0.2, -0.15) is 0 Å². The molecule has 0 radical (unpaired) electrons. The number of benzene rings is 1. The van der Waals surface area contributed by atoms with Gasteiger partial charge in [0.2, 0.25) is 0 Å².